The molecule has 12 heavy (non-hydrogen) atoms. The van der Waals surface area contributed by atoms with Crippen molar-refractivity contribution in [2.24, 2.45) is 4.99 Å². The van der Waals surface area contributed by atoms with Gasteiger partial charge in [0, 0.05) is 12.4 Å². The lowest BCUT2D eigenvalue weighted by Crippen LogP contribution is -1.82. The maximum Gasteiger partial charge on any atom is 0.149 e. The molecule has 0 amide bonds. The highest BCUT2D eigenvalue weighted by molar-refractivity contribution is 7.78. The van der Waals surface area contributed by atoms with E-state index in [1.807, 2.05) is 28.8 Å². The molecule has 0 aliphatic heterocycles. The first-order valence-corrected chi connectivity index (χ1v) is 3.82. The lowest BCUT2D eigenvalue weighted by atomic mass is 10.4. The molecule has 2 aromatic rings. The van der Waals surface area contributed by atoms with Gasteiger partial charge >= 0.3 is 0 Å². The number of aliphatic imine (C=N–C) groups is 1. The summed E-state index contributed by atoms with van der Waals surface area (Å²) in [5, 5.41) is 2.33. The highest BCUT2D eigenvalue weighted by Crippen LogP contribution is 2.12. The van der Waals surface area contributed by atoms with Gasteiger partial charge in [0.05, 0.1) is 5.16 Å². The molecule has 0 aliphatic carbocycles. The summed E-state index contributed by atoms with van der Waals surface area (Å²) in [5.41, 5.74) is 0.863. The van der Waals surface area contributed by atoms with Gasteiger partial charge in [-0.3, -0.25) is 4.40 Å². The molecule has 0 aliphatic rings. The van der Waals surface area contributed by atoms with E-state index in [1.54, 1.807) is 6.20 Å². The Balaban J connectivity index is 2.81. The minimum Gasteiger partial charge on any atom is -0.284 e. The SMILES string of the molecule is S=C=Nc1cccc2nccn12. The highest BCUT2D eigenvalue weighted by Gasteiger charge is 1.96. The van der Waals surface area contributed by atoms with Crippen molar-refractivity contribution >= 4 is 28.8 Å². The van der Waals surface area contributed by atoms with E-state index < -0.39 is 0 Å². The quantitative estimate of drug-likeness (QED) is 0.490. The minimum atomic E-state index is 0.750. The number of isothiocyanates is 1. The van der Waals surface area contributed by atoms with E-state index in [4.69, 9.17) is 0 Å². The first-order valence-electron chi connectivity index (χ1n) is 3.42. The summed E-state index contributed by atoms with van der Waals surface area (Å²) < 4.78 is 1.85. The summed E-state index contributed by atoms with van der Waals surface area (Å²) in [4.78, 5) is 8.00. The lowest BCUT2D eigenvalue weighted by molar-refractivity contribution is 1.16. The minimum absolute atomic E-state index is 0.750. The summed E-state index contributed by atoms with van der Waals surface area (Å²) >= 11 is 4.52. The van der Waals surface area contributed by atoms with Gasteiger partial charge < -0.3 is 0 Å². The van der Waals surface area contributed by atoms with Crippen molar-refractivity contribution in [3.05, 3.63) is 30.6 Å². The molecule has 2 rings (SSSR count). The van der Waals surface area contributed by atoms with E-state index in [9.17, 15) is 0 Å². The van der Waals surface area contributed by atoms with Crippen molar-refractivity contribution in [3.63, 3.8) is 0 Å². The predicted molar refractivity (Wildman–Crippen MR) is 49.9 cm³/mol. The molecule has 3 nitrogen and oxygen atoms in total. The Labute approximate surface area is 74.4 Å². The average Bonchev–Trinajstić information content (AvgIpc) is 2.53. The summed E-state index contributed by atoms with van der Waals surface area (Å²) in [5.74, 6) is 0.750. The summed E-state index contributed by atoms with van der Waals surface area (Å²) in [6.07, 6.45) is 3.55. The largest absolute Gasteiger partial charge is 0.284 e. The number of aromatic nitrogens is 2. The third kappa shape index (κ3) is 1.03. The van der Waals surface area contributed by atoms with Crippen LogP contribution in [0.25, 0.3) is 5.65 Å². The van der Waals surface area contributed by atoms with Crippen LogP contribution in [0.3, 0.4) is 0 Å². The number of thiocarbonyl (C=S) groups is 1. The number of hydrogen-bond donors (Lipinski definition) is 0. The molecule has 2 heterocycles. The lowest BCUT2D eigenvalue weighted by Gasteiger charge is -1.95. The fraction of sp³-hybridized carbons (Fsp3) is 0. The Hall–Kier alpha value is -1.51. The topological polar surface area (TPSA) is 29.7 Å². The molecular formula is C8H5N3S. The first-order chi connectivity index (χ1) is 5.92. The Kier molecular flexibility index (Phi) is 1.70. The van der Waals surface area contributed by atoms with Gasteiger partial charge in [-0.05, 0) is 24.4 Å². The molecule has 0 radical (unpaired) electrons. The van der Waals surface area contributed by atoms with E-state index in [0.29, 0.717) is 0 Å². The van der Waals surface area contributed by atoms with Crippen LogP contribution in [0.2, 0.25) is 0 Å². The van der Waals surface area contributed by atoms with Crippen LogP contribution < -0.4 is 0 Å². The molecular weight excluding hydrogens is 170 g/mol. The number of fused-ring (bicyclic) bond motifs is 1. The van der Waals surface area contributed by atoms with Crippen molar-refractivity contribution in [1.29, 1.82) is 0 Å². The van der Waals surface area contributed by atoms with Gasteiger partial charge in [0.25, 0.3) is 0 Å². The second-order valence-corrected chi connectivity index (χ2v) is 2.43. The first kappa shape index (κ1) is 7.16. The molecule has 0 unspecified atom stereocenters. The molecule has 0 spiro atoms. The van der Waals surface area contributed by atoms with E-state index in [2.05, 4.69) is 27.4 Å². The van der Waals surface area contributed by atoms with Crippen LogP contribution in [-0.4, -0.2) is 14.5 Å². The zero-order valence-corrected chi connectivity index (χ0v) is 6.95. The van der Waals surface area contributed by atoms with Gasteiger partial charge in [-0.2, -0.15) is 4.99 Å². The fourth-order valence-corrected chi connectivity index (χ4v) is 1.16. The van der Waals surface area contributed by atoms with E-state index in [1.165, 1.54) is 0 Å². The summed E-state index contributed by atoms with van der Waals surface area (Å²) in [7, 11) is 0. The van der Waals surface area contributed by atoms with Crippen molar-refractivity contribution < 1.29 is 0 Å². The van der Waals surface area contributed by atoms with Crippen molar-refractivity contribution in [2.75, 3.05) is 0 Å². The number of rotatable bonds is 1. The molecule has 0 saturated heterocycles. The van der Waals surface area contributed by atoms with Gasteiger partial charge in [0.2, 0.25) is 0 Å². The van der Waals surface area contributed by atoms with Gasteiger partial charge in [-0.1, -0.05) is 6.07 Å². The molecule has 0 N–H and O–H groups in total. The standard InChI is InChI=1S/C8H5N3S/c12-6-10-8-3-1-2-7-9-4-5-11(7)8/h1-5H. The van der Waals surface area contributed by atoms with Crippen LogP contribution in [0.4, 0.5) is 5.82 Å². The number of pyridine rings is 1. The second kappa shape index (κ2) is 2.85. The number of hydrogen-bond acceptors (Lipinski definition) is 3. The number of imidazole rings is 1. The Morgan fingerprint density at radius 2 is 2.42 bits per heavy atom. The van der Waals surface area contributed by atoms with E-state index >= 15 is 0 Å². The van der Waals surface area contributed by atoms with E-state index in [-0.39, 0.29) is 0 Å². The zero-order valence-electron chi connectivity index (χ0n) is 6.14. The zero-order chi connectivity index (χ0) is 8.39. The Morgan fingerprint density at radius 3 is 3.25 bits per heavy atom. The maximum atomic E-state index is 4.52. The van der Waals surface area contributed by atoms with Gasteiger partial charge in [-0.15, -0.1) is 0 Å². The number of nitrogens with zero attached hydrogens (tertiary/aromatic N) is 3. The fourth-order valence-electron chi connectivity index (χ4n) is 1.07. The Morgan fingerprint density at radius 1 is 1.50 bits per heavy atom. The van der Waals surface area contributed by atoms with Crippen molar-refractivity contribution in [2.45, 2.75) is 0 Å². The monoisotopic (exact) mass is 175 g/mol. The molecule has 0 fully saturated rings. The summed E-state index contributed by atoms with van der Waals surface area (Å²) in [6, 6.07) is 5.64. The molecule has 0 aromatic carbocycles. The van der Waals surface area contributed by atoms with Gasteiger partial charge in [-0.25, -0.2) is 4.98 Å². The van der Waals surface area contributed by atoms with Crippen LogP contribution in [0.5, 0.6) is 0 Å². The Bertz CT molecular complexity index is 454. The van der Waals surface area contributed by atoms with Crippen LogP contribution in [0.15, 0.2) is 35.6 Å². The van der Waals surface area contributed by atoms with Gasteiger partial charge in [0.15, 0.2) is 0 Å². The molecule has 4 heteroatoms. The van der Waals surface area contributed by atoms with Crippen LogP contribution in [-0.2, 0) is 0 Å². The third-order valence-electron chi connectivity index (χ3n) is 1.57. The maximum absolute atomic E-state index is 4.52. The molecule has 0 bridgehead atoms. The smallest absolute Gasteiger partial charge is 0.149 e. The summed E-state index contributed by atoms with van der Waals surface area (Å²) in [6.45, 7) is 0. The molecule has 58 valence electrons. The van der Waals surface area contributed by atoms with Crippen LogP contribution in [0, 0.1) is 0 Å². The third-order valence-corrected chi connectivity index (χ3v) is 1.66. The predicted octanol–water partition coefficient (Wildman–Crippen LogP) is 2.07. The van der Waals surface area contributed by atoms with Gasteiger partial charge in [0.1, 0.15) is 11.5 Å². The van der Waals surface area contributed by atoms with Crippen LogP contribution >= 0.6 is 12.2 Å². The molecule has 2 aromatic heterocycles. The van der Waals surface area contributed by atoms with Crippen molar-refractivity contribution in [3.8, 4) is 0 Å². The van der Waals surface area contributed by atoms with Crippen molar-refractivity contribution in [1.82, 2.24) is 9.38 Å². The second-order valence-electron chi connectivity index (χ2n) is 2.24. The molecule has 0 atom stereocenters. The normalized spacial score (nSPS) is 9.67. The average molecular weight is 175 g/mol. The van der Waals surface area contributed by atoms with E-state index in [0.717, 1.165) is 11.5 Å². The van der Waals surface area contributed by atoms with Crippen LogP contribution in [0.1, 0.15) is 0 Å². The highest BCUT2D eigenvalue weighted by atomic mass is 32.1. The molecule has 0 saturated carbocycles.